The molecule has 1 aromatic rings. The van der Waals surface area contributed by atoms with Crippen molar-refractivity contribution in [3.63, 3.8) is 0 Å². The van der Waals surface area contributed by atoms with Gasteiger partial charge in [0.1, 0.15) is 5.82 Å². The zero-order chi connectivity index (χ0) is 10.8. The van der Waals surface area contributed by atoms with Crippen molar-refractivity contribution in [2.45, 2.75) is 25.0 Å². The third kappa shape index (κ3) is 2.49. The minimum atomic E-state index is -0.226. The number of nitrogens with one attached hydrogen (secondary N) is 1. The van der Waals surface area contributed by atoms with E-state index >= 15 is 0 Å². The van der Waals surface area contributed by atoms with Gasteiger partial charge in [0.2, 0.25) is 0 Å². The minimum absolute atomic E-state index is 0.226. The van der Waals surface area contributed by atoms with Gasteiger partial charge in [-0.05, 0) is 47.0 Å². The molecule has 1 aliphatic carbocycles. The topological polar surface area (TPSA) is 21.3 Å². The van der Waals surface area contributed by atoms with Gasteiger partial charge < -0.3 is 10.1 Å². The van der Waals surface area contributed by atoms with Gasteiger partial charge in [-0.2, -0.15) is 0 Å². The van der Waals surface area contributed by atoms with Crippen LogP contribution in [0.1, 0.15) is 12.8 Å². The largest absolute Gasteiger partial charge is 0.381 e. The molecular weight excluding hydrogens is 261 g/mol. The summed E-state index contributed by atoms with van der Waals surface area (Å²) in [6.45, 7) is 0. The van der Waals surface area contributed by atoms with Crippen LogP contribution in [0.15, 0.2) is 22.7 Å². The zero-order valence-electron chi connectivity index (χ0n) is 8.47. The van der Waals surface area contributed by atoms with Crippen LogP contribution in [-0.4, -0.2) is 19.3 Å². The lowest BCUT2D eigenvalue weighted by Crippen LogP contribution is -2.40. The Labute approximate surface area is 96.9 Å². The highest BCUT2D eigenvalue weighted by Crippen LogP contribution is 2.30. The Hall–Kier alpha value is -0.610. The Bertz CT molecular complexity index is 352. The van der Waals surface area contributed by atoms with E-state index in [0.29, 0.717) is 12.1 Å². The molecule has 0 unspecified atom stereocenters. The summed E-state index contributed by atoms with van der Waals surface area (Å²) in [7, 11) is 1.73. The van der Waals surface area contributed by atoms with E-state index in [1.165, 1.54) is 12.1 Å². The molecule has 0 bridgehead atoms. The summed E-state index contributed by atoms with van der Waals surface area (Å²) < 4.78 is 18.8. The fourth-order valence-corrected chi connectivity index (χ4v) is 2.17. The van der Waals surface area contributed by atoms with Crippen molar-refractivity contribution < 1.29 is 9.13 Å². The summed E-state index contributed by atoms with van der Waals surface area (Å²) in [5.41, 5.74) is 0.941. The molecular formula is C11H13BrFNO. The summed E-state index contributed by atoms with van der Waals surface area (Å²) in [4.78, 5) is 0. The SMILES string of the molecule is COC1CC(Nc2ccc(F)cc2Br)C1. The number of hydrogen-bond acceptors (Lipinski definition) is 2. The van der Waals surface area contributed by atoms with Gasteiger partial charge in [-0.1, -0.05) is 0 Å². The molecule has 0 aliphatic heterocycles. The van der Waals surface area contributed by atoms with Gasteiger partial charge in [0.15, 0.2) is 0 Å². The summed E-state index contributed by atoms with van der Waals surface area (Å²) in [5.74, 6) is -0.226. The summed E-state index contributed by atoms with van der Waals surface area (Å²) in [6.07, 6.45) is 2.41. The first kappa shape index (κ1) is 10.9. The second-order valence-electron chi connectivity index (χ2n) is 3.79. The summed E-state index contributed by atoms with van der Waals surface area (Å²) >= 11 is 3.33. The number of benzene rings is 1. The van der Waals surface area contributed by atoms with Gasteiger partial charge in [-0.25, -0.2) is 4.39 Å². The van der Waals surface area contributed by atoms with Gasteiger partial charge in [-0.15, -0.1) is 0 Å². The van der Waals surface area contributed by atoms with E-state index in [2.05, 4.69) is 21.2 Å². The van der Waals surface area contributed by atoms with Crippen molar-refractivity contribution in [3.8, 4) is 0 Å². The van der Waals surface area contributed by atoms with Crippen molar-refractivity contribution >= 4 is 21.6 Å². The maximum Gasteiger partial charge on any atom is 0.124 e. The molecule has 2 nitrogen and oxygen atoms in total. The van der Waals surface area contributed by atoms with E-state index < -0.39 is 0 Å². The number of hydrogen-bond donors (Lipinski definition) is 1. The number of halogens is 2. The zero-order valence-corrected chi connectivity index (χ0v) is 10.1. The van der Waals surface area contributed by atoms with E-state index in [0.717, 1.165) is 23.0 Å². The fraction of sp³-hybridized carbons (Fsp3) is 0.455. The maximum absolute atomic E-state index is 12.8. The number of methoxy groups -OCH3 is 1. The van der Waals surface area contributed by atoms with Gasteiger partial charge >= 0.3 is 0 Å². The predicted octanol–water partition coefficient (Wildman–Crippen LogP) is 3.18. The van der Waals surface area contributed by atoms with Crippen molar-refractivity contribution in [2.75, 3.05) is 12.4 Å². The molecule has 0 amide bonds. The first-order valence-electron chi connectivity index (χ1n) is 4.93. The Morgan fingerprint density at radius 1 is 1.47 bits per heavy atom. The molecule has 1 saturated carbocycles. The molecule has 1 N–H and O–H groups in total. The second-order valence-corrected chi connectivity index (χ2v) is 4.65. The van der Waals surface area contributed by atoms with Crippen LogP contribution in [0.3, 0.4) is 0 Å². The Kier molecular flexibility index (Phi) is 3.26. The van der Waals surface area contributed by atoms with Gasteiger partial charge in [0.25, 0.3) is 0 Å². The molecule has 1 fully saturated rings. The highest BCUT2D eigenvalue weighted by atomic mass is 79.9. The van der Waals surface area contributed by atoms with Crippen LogP contribution in [0, 0.1) is 5.82 Å². The van der Waals surface area contributed by atoms with E-state index in [-0.39, 0.29) is 5.82 Å². The van der Waals surface area contributed by atoms with E-state index in [1.807, 2.05) is 0 Å². The number of anilines is 1. The van der Waals surface area contributed by atoms with Gasteiger partial charge in [-0.3, -0.25) is 0 Å². The van der Waals surface area contributed by atoms with Crippen molar-refractivity contribution in [1.29, 1.82) is 0 Å². The van der Waals surface area contributed by atoms with Crippen molar-refractivity contribution in [2.24, 2.45) is 0 Å². The fourth-order valence-electron chi connectivity index (χ4n) is 1.70. The highest BCUT2D eigenvalue weighted by Gasteiger charge is 2.28. The lowest BCUT2D eigenvalue weighted by Gasteiger charge is -2.35. The van der Waals surface area contributed by atoms with Crippen molar-refractivity contribution in [3.05, 3.63) is 28.5 Å². The monoisotopic (exact) mass is 273 g/mol. The third-order valence-corrected chi connectivity index (χ3v) is 3.37. The summed E-state index contributed by atoms with van der Waals surface area (Å²) in [6, 6.07) is 5.12. The number of rotatable bonds is 3. The average Bonchev–Trinajstić information content (AvgIpc) is 2.13. The average molecular weight is 274 g/mol. The molecule has 1 aliphatic rings. The molecule has 0 aromatic heterocycles. The lowest BCUT2D eigenvalue weighted by molar-refractivity contribution is 0.0328. The van der Waals surface area contributed by atoms with Gasteiger partial charge in [0.05, 0.1) is 6.10 Å². The van der Waals surface area contributed by atoms with Crippen molar-refractivity contribution in [1.82, 2.24) is 0 Å². The quantitative estimate of drug-likeness (QED) is 0.914. The molecule has 15 heavy (non-hydrogen) atoms. The standard InChI is InChI=1S/C11H13BrFNO/c1-15-9-5-8(6-9)14-11-3-2-7(13)4-10(11)12/h2-4,8-9,14H,5-6H2,1H3. The lowest BCUT2D eigenvalue weighted by atomic mass is 9.89. The Balaban J connectivity index is 1.94. The molecule has 1 aromatic carbocycles. The third-order valence-electron chi connectivity index (χ3n) is 2.72. The van der Waals surface area contributed by atoms with Gasteiger partial charge in [0, 0.05) is 23.3 Å². The van der Waals surface area contributed by atoms with E-state index in [1.54, 1.807) is 13.2 Å². The molecule has 0 atom stereocenters. The second kappa shape index (κ2) is 4.49. The predicted molar refractivity (Wildman–Crippen MR) is 61.5 cm³/mol. The highest BCUT2D eigenvalue weighted by molar-refractivity contribution is 9.10. The Morgan fingerprint density at radius 2 is 2.20 bits per heavy atom. The first-order valence-corrected chi connectivity index (χ1v) is 5.72. The molecule has 0 saturated heterocycles. The van der Waals surface area contributed by atoms with Crippen LogP contribution >= 0.6 is 15.9 Å². The van der Waals surface area contributed by atoms with Crippen LogP contribution in [-0.2, 0) is 4.74 Å². The molecule has 2 rings (SSSR count). The first-order chi connectivity index (χ1) is 7.19. The van der Waals surface area contributed by atoms with Crippen LogP contribution in [0.2, 0.25) is 0 Å². The normalized spacial score (nSPS) is 24.7. The van der Waals surface area contributed by atoms with E-state index in [9.17, 15) is 4.39 Å². The van der Waals surface area contributed by atoms with Crippen LogP contribution < -0.4 is 5.32 Å². The maximum atomic E-state index is 12.8. The Morgan fingerprint density at radius 3 is 2.80 bits per heavy atom. The smallest absolute Gasteiger partial charge is 0.124 e. The number of ether oxygens (including phenoxy) is 1. The molecule has 0 radical (unpaired) electrons. The van der Waals surface area contributed by atoms with E-state index in [4.69, 9.17) is 4.74 Å². The van der Waals surface area contributed by atoms with Crippen LogP contribution in [0.4, 0.5) is 10.1 Å². The molecule has 0 spiro atoms. The molecule has 4 heteroatoms. The summed E-state index contributed by atoms with van der Waals surface area (Å²) in [5, 5.41) is 3.34. The molecule has 82 valence electrons. The minimum Gasteiger partial charge on any atom is -0.381 e. The molecule has 0 heterocycles. The van der Waals surface area contributed by atoms with Crippen LogP contribution in [0.5, 0.6) is 0 Å². The van der Waals surface area contributed by atoms with Crippen LogP contribution in [0.25, 0.3) is 0 Å².